The van der Waals surface area contributed by atoms with E-state index >= 15 is 0 Å². The van der Waals surface area contributed by atoms with Gasteiger partial charge in [0.05, 0.1) is 19.3 Å². The number of morpholine rings is 1. The minimum Gasteiger partial charge on any atom is -0.377 e. The van der Waals surface area contributed by atoms with Gasteiger partial charge in [-0.25, -0.2) is 0 Å². The second kappa shape index (κ2) is 6.33. The van der Waals surface area contributed by atoms with Crippen molar-refractivity contribution >= 4 is 17.3 Å². The summed E-state index contributed by atoms with van der Waals surface area (Å²) in [4.78, 5) is 2.47. The molecule has 3 rings (SSSR count). The maximum absolute atomic E-state index is 6.45. The Morgan fingerprint density at radius 2 is 2.25 bits per heavy atom. The molecule has 1 saturated heterocycles. The fourth-order valence-corrected chi connectivity index (χ4v) is 3.07. The first-order chi connectivity index (χ1) is 9.79. The lowest BCUT2D eigenvalue weighted by Crippen LogP contribution is -2.45. The lowest BCUT2D eigenvalue weighted by atomic mass is 10.1. The summed E-state index contributed by atoms with van der Waals surface area (Å²) in [5, 5.41) is 4.46. The Balaban J connectivity index is 1.84. The highest BCUT2D eigenvalue weighted by atomic mass is 35.5. The van der Waals surface area contributed by atoms with Crippen LogP contribution in [0.5, 0.6) is 0 Å². The van der Waals surface area contributed by atoms with Gasteiger partial charge in [0.2, 0.25) is 0 Å². The van der Waals surface area contributed by atoms with E-state index in [1.54, 1.807) is 0 Å². The van der Waals surface area contributed by atoms with Gasteiger partial charge >= 0.3 is 0 Å². The molecule has 0 spiro atoms. The van der Waals surface area contributed by atoms with Crippen LogP contribution >= 0.6 is 11.6 Å². The van der Waals surface area contributed by atoms with Crippen molar-refractivity contribution in [2.24, 2.45) is 0 Å². The van der Waals surface area contributed by atoms with Crippen LogP contribution in [0.3, 0.4) is 0 Å². The van der Waals surface area contributed by atoms with Crippen molar-refractivity contribution in [3.8, 4) is 0 Å². The van der Waals surface area contributed by atoms with Gasteiger partial charge in [-0.1, -0.05) is 24.6 Å². The molecule has 1 unspecified atom stereocenters. The number of hydrogen-bond donors (Lipinski definition) is 1. The van der Waals surface area contributed by atoms with Crippen molar-refractivity contribution < 1.29 is 4.74 Å². The molecule has 110 valence electrons. The molecule has 1 aromatic rings. The first-order valence-electron chi connectivity index (χ1n) is 7.64. The molecule has 1 aromatic carbocycles. The Kier molecular flexibility index (Phi) is 4.49. The van der Waals surface area contributed by atoms with Crippen LogP contribution in [0.1, 0.15) is 31.7 Å². The first-order valence-corrected chi connectivity index (χ1v) is 8.02. The average Bonchev–Trinajstić information content (AvgIpc) is 3.30. The van der Waals surface area contributed by atoms with Gasteiger partial charge in [0.25, 0.3) is 0 Å². The topological polar surface area (TPSA) is 24.5 Å². The van der Waals surface area contributed by atoms with Gasteiger partial charge in [0, 0.05) is 35.4 Å². The third-order valence-electron chi connectivity index (χ3n) is 4.25. The molecule has 1 atom stereocenters. The second-order valence-electron chi connectivity index (χ2n) is 5.72. The summed E-state index contributed by atoms with van der Waals surface area (Å²) in [5.74, 6) is 0. The molecule has 1 heterocycles. The summed E-state index contributed by atoms with van der Waals surface area (Å²) in [7, 11) is 0. The number of anilines is 1. The zero-order chi connectivity index (χ0) is 13.9. The van der Waals surface area contributed by atoms with E-state index < -0.39 is 0 Å². The maximum atomic E-state index is 6.45. The molecule has 1 saturated carbocycles. The molecule has 2 aliphatic rings. The SMILES string of the molecule is CCC1COCCN1c1cccc(Cl)c1CNC1CC1. The third kappa shape index (κ3) is 3.11. The summed E-state index contributed by atoms with van der Waals surface area (Å²) < 4.78 is 5.61. The van der Waals surface area contributed by atoms with Crippen molar-refractivity contribution in [2.75, 3.05) is 24.7 Å². The van der Waals surface area contributed by atoms with E-state index in [9.17, 15) is 0 Å². The predicted molar refractivity (Wildman–Crippen MR) is 83.6 cm³/mol. The number of hydrogen-bond acceptors (Lipinski definition) is 3. The fourth-order valence-electron chi connectivity index (χ4n) is 2.84. The molecule has 0 aromatic heterocycles. The van der Waals surface area contributed by atoms with Crippen LogP contribution in [0.25, 0.3) is 0 Å². The Morgan fingerprint density at radius 3 is 3.00 bits per heavy atom. The predicted octanol–water partition coefficient (Wildman–Crippen LogP) is 3.21. The van der Waals surface area contributed by atoms with Crippen LogP contribution in [-0.4, -0.2) is 31.8 Å². The Bertz CT molecular complexity index is 462. The van der Waals surface area contributed by atoms with E-state index in [1.807, 2.05) is 6.07 Å². The smallest absolute Gasteiger partial charge is 0.0670 e. The molecule has 0 bridgehead atoms. The van der Waals surface area contributed by atoms with Gasteiger partial charge in [-0.05, 0) is 31.4 Å². The fraction of sp³-hybridized carbons (Fsp3) is 0.625. The molecule has 4 heteroatoms. The Hall–Kier alpha value is -0.770. The van der Waals surface area contributed by atoms with Gasteiger partial charge in [0.15, 0.2) is 0 Å². The molecule has 1 N–H and O–H groups in total. The van der Waals surface area contributed by atoms with Gasteiger partial charge in [-0.2, -0.15) is 0 Å². The molecular formula is C16H23ClN2O. The highest BCUT2D eigenvalue weighted by Gasteiger charge is 2.26. The number of halogens is 1. The lowest BCUT2D eigenvalue weighted by molar-refractivity contribution is 0.0929. The zero-order valence-corrected chi connectivity index (χ0v) is 12.8. The standard InChI is InChI=1S/C16H23ClN2O/c1-2-13-11-20-9-8-19(13)16-5-3-4-15(17)14(16)10-18-12-6-7-12/h3-5,12-13,18H,2,6-11H2,1H3. The lowest BCUT2D eigenvalue weighted by Gasteiger charge is -2.38. The van der Waals surface area contributed by atoms with Crippen LogP contribution in [-0.2, 0) is 11.3 Å². The maximum Gasteiger partial charge on any atom is 0.0670 e. The molecule has 0 amide bonds. The number of ether oxygens (including phenoxy) is 1. The minimum atomic E-state index is 0.460. The second-order valence-corrected chi connectivity index (χ2v) is 6.13. The molecular weight excluding hydrogens is 272 g/mol. The molecule has 3 nitrogen and oxygen atoms in total. The van der Waals surface area contributed by atoms with Crippen molar-refractivity contribution in [3.05, 3.63) is 28.8 Å². The quantitative estimate of drug-likeness (QED) is 0.902. The number of rotatable bonds is 5. The van der Waals surface area contributed by atoms with Gasteiger partial charge < -0.3 is 15.0 Å². The monoisotopic (exact) mass is 294 g/mol. The third-order valence-corrected chi connectivity index (χ3v) is 4.60. The Labute approximate surface area is 126 Å². The van der Waals surface area contributed by atoms with Crippen molar-refractivity contribution in [1.29, 1.82) is 0 Å². The van der Waals surface area contributed by atoms with Crippen LogP contribution in [0.4, 0.5) is 5.69 Å². The zero-order valence-electron chi connectivity index (χ0n) is 12.1. The van der Waals surface area contributed by atoms with E-state index in [4.69, 9.17) is 16.3 Å². The number of nitrogens with one attached hydrogen (secondary N) is 1. The van der Waals surface area contributed by atoms with Gasteiger partial charge in [-0.3, -0.25) is 0 Å². The Morgan fingerprint density at radius 1 is 1.40 bits per heavy atom. The van der Waals surface area contributed by atoms with Crippen molar-refractivity contribution in [3.63, 3.8) is 0 Å². The van der Waals surface area contributed by atoms with E-state index in [0.717, 1.165) is 37.7 Å². The summed E-state index contributed by atoms with van der Waals surface area (Å²) in [5.41, 5.74) is 2.52. The minimum absolute atomic E-state index is 0.460. The molecule has 2 fully saturated rings. The highest BCUT2D eigenvalue weighted by Crippen LogP contribution is 2.31. The van der Waals surface area contributed by atoms with E-state index in [1.165, 1.54) is 24.1 Å². The number of benzene rings is 1. The van der Waals surface area contributed by atoms with Crippen LogP contribution in [0.15, 0.2) is 18.2 Å². The van der Waals surface area contributed by atoms with Gasteiger partial charge in [0.1, 0.15) is 0 Å². The summed E-state index contributed by atoms with van der Waals surface area (Å²) in [6, 6.07) is 7.41. The summed E-state index contributed by atoms with van der Waals surface area (Å²) in [6.07, 6.45) is 3.70. The summed E-state index contributed by atoms with van der Waals surface area (Å²) >= 11 is 6.45. The van der Waals surface area contributed by atoms with E-state index in [-0.39, 0.29) is 0 Å². The normalized spacial score (nSPS) is 23.1. The molecule has 1 aliphatic heterocycles. The van der Waals surface area contributed by atoms with Gasteiger partial charge in [-0.15, -0.1) is 0 Å². The molecule has 1 aliphatic carbocycles. The average molecular weight is 295 g/mol. The van der Waals surface area contributed by atoms with E-state index in [2.05, 4.69) is 29.3 Å². The van der Waals surface area contributed by atoms with Crippen LogP contribution in [0.2, 0.25) is 5.02 Å². The van der Waals surface area contributed by atoms with Crippen molar-refractivity contribution in [2.45, 2.75) is 44.8 Å². The largest absolute Gasteiger partial charge is 0.377 e. The van der Waals surface area contributed by atoms with Crippen LogP contribution < -0.4 is 10.2 Å². The van der Waals surface area contributed by atoms with Crippen molar-refractivity contribution in [1.82, 2.24) is 5.32 Å². The first kappa shape index (κ1) is 14.2. The summed E-state index contributed by atoms with van der Waals surface area (Å²) in [6.45, 7) is 5.67. The highest BCUT2D eigenvalue weighted by molar-refractivity contribution is 6.31. The van der Waals surface area contributed by atoms with Crippen LogP contribution in [0, 0.1) is 0 Å². The molecule has 0 radical (unpaired) electrons. The molecule has 20 heavy (non-hydrogen) atoms. The van der Waals surface area contributed by atoms with E-state index in [0.29, 0.717) is 12.1 Å². The number of nitrogens with zero attached hydrogens (tertiary/aromatic N) is 1.